The second kappa shape index (κ2) is 9.76. The van der Waals surface area contributed by atoms with Gasteiger partial charge < -0.3 is 11.1 Å². The highest BCUT2D eigenvalue weighted by atomic mass is 32.2. The molecule has 0 radical (unpaired) electrons. The second-order valence-electron chi connectivity index (χ2n) is 7.57. The van der Waals surface area contributed by atoms with Crippen LogP contribution in [-0.4, -0.2) is 51.2 Å². The summed E-state index contributed by atoms with van der Waals surface area (Å²) in [6, 6.07) is 2.47. The molecule has 1 amide bonds. The third kappa shape index (κ3) is 5.24. The van der Waals surface area contributed by atoms with E-state index in [9.17, 15) is 4.79 Å². The Morgan fingerprint density at radius 3 is 2.92 bits per heavy atom. The molecule has 0 bridgehead atoms. The molecule has 0 saturated heterocycles. The minimum atomic E-state index is -0.426. The number of thioether (sulfide) groups is 1. The van der Waals surface area contributed by atoms with Crippen LogP contribution in [-0.2, 0) is 24.4 Å². The largest absolute Gasteiger partial charge is 0.349 e. The van der Waals surface area contributed by atoms with Gasteiger partial charge in [0.15, 0.2) is 0 Å². The average Bonchev–Trinajstić information content (AvgIpc) is 2.94. The Hall–Kier alpha value is -1.05. The van der Waals surface area contributed by atoms with Crippen LogP contribution in [0.25, 0.3) is 0 Å². The Morgan fingerprint density at radius 1 is 1.35 bits per heavy atom. The topological polar surface area (TPSA) is 76.2 Å². The van der Waals surface area contributed by atoms with Crippen molar-refractivity contribution in [2.24, 2.45) is 5.73 Å². The van der Waals surface area contributed by atoms with Gasteiger partial charge in [-0.15, -0.1) is 0 Å². The van der Waals surface area contributed by atoms with E-state index in [0.29, 0.717) is 13.0 Å². The molecule has 0 spiro atoms. The Balaban J connectivity index is 1.55. The molecule has 1 aliphatic carbocycles. The van der Waals surface area contributed by atoms with Crippen LogP contribution in [0.1, 0.15) is 56.3 Å². The van der Waals surface area contributed by atoms with Gasteiger partial charge in [0.25, 0.3) is 0 Å². The number of carbonyl (C=O) groups is 1. The summed E-state index contributed by atoms with van der Waals surface area (Å²) < 4.78 is 2.14. The lowest BCUT2D eigenvalue weighted by Gasteiger charge is -2.33. The second-order valence-corrected chi connectivity index (χ2v) is 8.56. The lowest BCUT2D eigenvalue weighted by Crippen LogP contribution is -2.40. The van der Waals surface area contributed by atoms with Crippen molar-refractivity contribution in [3.63, 3.8) is 0 Å². The first-order valence-corrected chi connectivity index (χ1v) is 11.4. The summed E-state index contributed by atoms with van der Waals surface area (Å²) in [6.07, 6.45) is 10.7. The number of fused-ring (bicyclic) bond motifs is 1. The van der Waals surface area contributed by atoms with Gasteiger partial charge in [-0.1, -0.05) is 19.3 Å². The van der Waals surface area contributed by atoms with Crippen molar-refractivity contribution in [1.82, 2.24) is 20.0 Å². The average molecular weight is 380 g/mol. The van der Waals surface area contributed by atoms with Crippen molar-refractivity contribution in [2.75, 3.05) is 18.6 Å². The molecule has 3 rings (SSSR count). The van der Waals surface area contributed by atoms with Crippen LogP contribution in [0, 0.1) is 0 Å². The van der Waals surface area contributed by atoms with Gasteiger partial charge in [-0.2, -0.15) is 16.9 Å². The number of nitrogens with zero attached hydrogens (tertiary/aromatic N) is 3. The zero-order chi connectivity index (χ0) is 18.4. The number of hydrogen-bond donors (Lipinski definition) is 2. The van der Waals surface area contributed by atoms with Gasteiger partial charge >= 0.3 is 0 Å². The van der Waals surface area contributed by atoms with Crippen molar-refractivity contribution >= 4 is 17.7 Å². The van der Waals surface area contributed by atoms with Crippen molar-refractivity contribution in [1.29, 1.82) is 0 Å². The van der Waals surface area contributed by atoms with Crippen molar-refractivity contribution in [3.8, 4) is 0 Å². The van der Waals surface area contributed by atoms with E-state index in [1.165, 1.54) is 44.3 Å². The van der Waals surface area contributed by atoms with Crippen LogP contribution in [0.15, 0.2) is 6.07 Å². The number of aromatic nitrogens is 2. The van der Waals surface area contributed by atoms with E-state index < -0.39 is 6.04 Å². The van der Waals surface area contributed by atoms with Crippen molar-refractivity contribution in [3.05, 3.63) is 17.5 Å². The SMILES string of the molecule is CSCCC(N)C(=O)NCc1cc2n(n1)CCCN(C1CCCCC1)C2. The fraction of sp³-hybridized carbons (Fsp3) is 0.789. The van der Waals surface area contributed by atoms with Gasteiger partial charge in [-0.05, 0) is 43.8 Å². The molecule has 1 fully saturated rings. The number of amides is 1. The number of nitrogens with one attached hydrogen (secondary N) is 1. The Morgan fingerprint density at radius 2 is 2.15 bits per heavy atom. The number of hydrogen-bond acceptors (Lipinski definition) is 5. The quantitative estimate of drug-likeness (QED) is 0.759. The van der Waals surface area contributed by atoms with Gasteiger partial charge in [0.2, 0.25) is 5.91 Å². The van der Waals surface area contributed by atoms with Gasteiger partial charge in [0, 0.05) is 25.7 Å². The number of rotatable bonds is 7. The van der Waals surface area contributed by atoms with E-state index in [4.69, 9.17) is 10.8 Å². The fourth-order valence-corrected chi connectivity index (χ4v) is 4.57. The Kier molecular flexibility index (Phi) is 7.40. The van der Waals surface area contributed by atoms with E-state index in [-0.39, 0.29) is 5.91 Å². The van der Waals surface area contributed by atoms with Crippen LogP contribution in [0.4, 0.5) is 0 Å². The minimum Gasteiger partial charge on any atom is -0.349 e. The third-order valence-corrected chi connectivity index (χ3v) is 6.24. The van der Waals surface area contributed by atoms with Gasteiger partial charge in [0.1, 0.15) is 0 Å². The predicted octanol–water partition coefficient (Wildman–Crippen LogP) is 2.12. The van der Waals surface area contributed by atoms with Gasteiger partial charge in [0.05, 0.1) is 24.0 Å². The molecule has 3 N–H and O–H groups in total. The summed E-state index contributed by atoms with van der Waals surface area (Å²) >= 11 is 1.71. The monoisotopic (exact) mass is 379 g/mol. The van der Waals surface area contributed by atoms with E-state index in [1.54, 1.807) is 11.8 Å². The molecule has 1 aliphatic heterocycles. The summed E-state index contributed by atoms with van der Waals surface area (Å²) in [5.41, 5.74) is 8.15. The zero-order valence-electron chi connectivity index (χ0n) is 16.0. The van der Waals surface area contributed by atoms with Gasteiger partial charge in [-0.3, -0.25) is 14.4 Å². The fourth-order valence-electron chi connectivity index (χ4n) is 4.08. The molecule has 2 aliphatic rings. The molecule has 0 aromatic carbocycles. The summed E-state index contributed by atoms with van der Waals surface area (Å²) in [5, 5.41) is 7.66. The van der Waals surface area contributed by atoms with Crippen LogP contribution in [0.2, 0.25) is 0 Å². The molecule has 1 aromatic heterocycles. The molecule has 26 heavy (non-hydrogen) atoms. The first kappa shape index (κ1) is 19.7. The first-order chi connectivity index (χ1) is 12.7. The number of carbonyl (C=O) groups excluding carboxylic acids is 1. The number of aryl methyl sites for hydroxylation is 1. The maximum absolute atomic E-state index is 12.1. The van der Waals surface area contributed by atoms with Crippen molar-refractivity contribution < 1.29 is 4.79 Å². The molecule has 7 heteroatoms. The molecule has 1 unspecified atom stereocenters. The lowest BCUT2D eigenvalue weighted by molar-refractivity contribution is -0.122. The maximum atomic E-state index is 12.1. The van der Waals surface area contributed by atoms with E-state index >= 15 is 0 Å². The van der Waals surface area contributed by atoms with Crippen LogP contribution < -0.4 is 11.1 Å². The molecule has 1 saturated carbocycles. The molecule has 1 aromatic rings. The van der Waals surface area contributed by atoms with Crippen LogP contribution in [0.3, 0.4) is 0 Å². The number of nitrogens with two attached hydrogens (primary N) is 1. The summed E-state index contributed by atoms with van der Waals surface area (Å²) in [4.78, 5) is 14.7. The lowest BCUT2D eigenvalue weighted by atomic mass is 9.94. The third-order valence-electron chi connectivity index (χ3n) is 5.60. The molecule has 2 heterocycles. The van der Waals surface area contributed by atoms with Crippen molar-refractivity contribution in [2.45, 2.75) is 76.7 Å². The molecule has 146 valence electrons. The highest BCUT2D eigenvalue weighted by Gasteiger charge is 2.24. The van der Waals surface area contributed by atoms with E-state index in [1.807, 2.05) is 6.26 Å². The smallest absolute Gasteiger partial charge is 0.237 e. The van der Waals surface area contributed by atoms with E-state index in [0.717, 1.165) is 37.0 Å². The summed E-state index contributed by atoms with van der Waals surface area (Å²) in [7, 11) is 0. The minimum absolute atomic E-state index is 0.0777. The highest BCUT2D eigenvalue weighted by Crippen LogP contribution is 2.25. The summed E-state index contributed by atoms with van der Waals surface area (Å²) in [5.74, 6) is 0.829. The first-order valence-electron chi connectivity index (χ1n) is 9.99. The maximum Gasteiger partial charge on any atom is 0.237 e. The van der Waals surface area contributed by atoms with Crippen LogP contribution >= 0.6 is 11.8 Å². The highest BCUT2D eigenvalue weighted by molar-refractivity contribution is 7.98. The standard InChI is InChI=1S/C19H33N5OS/c1-26-11-8-18(20)19(25)21-13-15-12-17-14-23(9-5-10-24(17)22-15)16-6-3-2-4-7-16/h12,16,18H,2-11,13-14,20H2,1H3,(H,21,25). The zero-order valence-corrected chi connectivity index (χ0v) is 16.8. The molecular weight excluding hydrogens is 346 g/mol. The van der Waals surface area contributed by atoms with Gasteiger partial charge in [-0.25, -0.2) is 0 Å². The predicted molar refractivity (Wildman–Crippen MR) is 107 cm³/mol. The van der Waals surface area contributed by atoms with Crippen LogP contribution in [0.5, 0.6) is 0 Å². The summed E-state index contributed by atoms with van der Waals surface area (Å²) in [6.45, 7) is 3.60. The molecule has 1 atom stereocenters. The molecular formula is C19H33N5OS. The normalized spacial score (nSPS) is 20.4. The Labute approximate surface area is 161 Å². The van der Waals surface area contributed by atoms with E-state index in [2.05, 4.69) is 21.0 Å². The molecule has 6 nitrogen and oxygen atoms in total. The Bertz CT molecular complexity index is 584.